The van der Waals surface area contributed by atoms with Crippen molar-refractivity contribution in [1.82, 2.24) is 24.7 Å². The molecule has 192 valence electrons. The van der Waals surface area contributed by atoms with Crippen LogP contribution in [0.2, 0.25) is 0 Å². The number of carbonyl (C=O) groups is 1. The number of nitrogens with zero attached hydrogens (tertiary/aromatic N) is 4. The number of benzene rings is 2. The van der Waals surface area contributed by atoms with E-state index in [-0.39, 0.29) is 11.7 Å². The van der Waals surface area contributed by atoms with Crippen molar-refractivity contribution < 1.29 is 14.6 Å². The van der Waals surface area contributed by atoms with E-state index in [4.69, 9.17) is 9.72 Å². The van der Waals surface area contributed by atoms with Gasteiger partial charge >= 0.3 is 0 Å². The van der Waals surface area contributed by atoms with Crippen LogP contribution in [0.15, 0.2) is 103 Å². The molecule has 0 radical (unpaired) electrons. The maximum atomic E-state index is 13.1. The minimum absolute atomic E-state index is 0.109. The van der Waals surface area contributed by atoms with Gasteiger partial charge in [-0.1, -0.05) is 12.1 Å². The summed E-state index contributed by atoms with van der Waals surface area (Å²) in [6.45, 7) is 0. The molecule has 2 aromatic carbocycles. The average molecular weight is 517 g/mol. The standard InChI is InChI=1S/C30H24N6O3/c1-39-30-23(9-4-13-31-30)19-6-2-10-27(37)24(16-19)28-34-25-12-11-20(17-26(25)35-28)29(38)33-21-7-3-8-22(18-21)36-15-5-14-32-36/h3-18,37H,2H2,1H3,(H,33,38)(H,34,35). The van der Waals surface area contributed by atoms with Crippen LogP contribution in [0.5, 0.6) is 5.88 Å². The van der Waals surface area contributed by atoms with Crippen LogP contribution in [0.25, 0.3) is 27.9 Å². The Kier molecular flexibility index (Phi) is 6.22. The molecule has 0 unspecified atom stereocenters. The van der Waals surface area contributed by atoms with Gasteiger partial charge in [-0.25, -0.2) is 14.6 Å². The van der Waals surface area contributed by atoms with Crippen molar-refractivity contribution in [2.75, 3.05) is 12.4 Å². The van der Waals surface area contributed by atoms with Crippen LogP contribution in [0.1, 0.15) is 28.2 Å². The fourth-order valence-electron chi connectivity index (χ4n) is 4.47. The third-order valence-corrected chi connectivity index (χ3v) is 6.37. The molecule has 1 aliphatic rings. The Morgan fingerprint density at radius 3 is 2.85 bits per heavy atom. The average Bonchev–Trinajstić information content (AvgIpc) is 3.61. The van der Waals surface area contributed by atoms with Gasteiger partial charge in [-0.2, -0.15) is 5.10 Å². The first-order chi connectivity index (χ1) is 19.1. The Morgan fingerprint density at radius 2 is 2.00 bits per heavy atom. The lowest BCUT2D eigenvalue weighted by Crippen LogP contribution is -2.12. The Labute approximate surface area is 223 Å². The van der Waals surface area contributed by atoms with E-state index in [1.165, 1.54) is 0 Å². The first-order valence-electron chi connectivity index (χ1n) is 12.3. The maximum absolute atomic E-state index is 13.1. The number of anilines is 1. The molecule has 9 heteroatoms. The summed E-state index contributed by atoms with van der Waals surface area (Å²) >= 11 is 0. The molecule has 5 aromatic rings. The number of aliphatic hydroxyl groups is 1. The highest BCUT2D eigenvalue weighted by Gasteiger charge is 2.18. The van der Waals surface area contributed by atoms with E-state index < -0.39 is 0 Å². The normalized spacial score (nSPS) is 13.3. The monoisotopic (exact) mass is 516 g/mol. The van der Waals surface area contributed by atoms with Gasteiger partial charge in [0.1, 0.15) is 11.6 Å². The summed E-state index contributed by atoms with van der Waals surface area (Å²) in [4.78, 5) is 25.3. The van der Waals surface area contributed by atoms with Gasteiger partial charge in [0, 0.05) is 35.4 Å². The number of aromatic nitrogens is 5. The van der Waals surface area contributed by atoms with Crippen molar-refractivity contribution in [2.45, 2.75) is 6.42 Å². The minimum atomic E-state index is -0.260. The SMILES string of the molecule is COc1ncccc1C1=CCC=C(O)C(c2nc3cc(C(=O)Nc4cccc(-n5cccn5)c4)ccc3[nH]2)=C1. The number of methoxy groups -OCH3 is 1. The quantitative estimate of drug-likeness (QED) is 0.266. The van der Waals surface area contributed by atoms with E-state index in [1.807, 2.05) is 60.8 Å². The van der Waals surface area contributed by atoms with Gasteiger partial charge < -0.3 is 20.1 Å². The van der Waals surface area contributed by atoms with Crippen LogP contribution < -0.4 is 10.1 Å². The van der Waals surface area contributed by atoms with Crippen LogP contribution in [0, 0.1) is 0 Å². The minimum Gasteiger partial charge on any atom is -0.508 e. The molecule has 0 atom stereocenters. The molecule has 3 aromatic heterocycles. The number of nitrogens with one attached hydrogen (secondary N) is 2. The predicted octanol–water partition coefficient (Wildman–Crippen LogP) is 5.72. The lowest BCUT2D eigenvalue weighted by Gasteiger charge is -2.09. The van der Waals surface area contributed by atoms with E-state index in [2.05, 4.69) is 20.4 Å². The molecule has 1 amide bonds. The third kappa shape index (κ3) is 4.80. The summed E-state index contributed by atoms with van der Waals surface area (Å²) in [6.07, 6.45) is 11.3. The molecule has 0 aliphatic heterocycles. The number of amides is 1. The van der Waals surface area contributed by atoms with Crippen molar-refractivity contribution >= 4 is 33.8 Å². The maximum Gasteiger partial charge on any atom is 0.255 e. The van der Waals surface area contributed by atoms with Gasteiger partial charge in [-0.05, 0) is 78.7 Å². The van der Waals surface area contributed by atoms with Crippen LogP contribution >= 0.6 is 0 Å². The van der Waals surface area contributed by atoms with Crippen LogP contribution in [-0.2, 0) is 0 Å². The number of imidazole rings is 1. The predicted molar refractivity (Wildman–Crippen MR) is 150 cm³/mol. The van der Waals surface area contributed by atoms with E-state index in [0.29, 0.717) is 40.5 Å². The number of fused-ring (bicyclic) bond motifs is 1. The van der Waals surface area contributed by atoms with Gasteiger partial charge in [-0.15, -0.1) is 0 Å². The van der Waals surface area contributed by atoms with Gasteiger partial charge in [-0.3, -0.25) is 4.79 Å². The molecular weight excluding hydrogens is 492 g/mol. The zero-order valence-corrected chi connectivity index (χ0v) is 21.0. The van der Waals surface area contributed by atoms with Crippen molar-refractivity contribution in [3.05, 3.63) is 120 Å². The Morgan fingerprint density at radius 1 is 1.08 bits per heavy atom. The number of pyridine rings is 1. The summed E-state index contributed by atoms with van der Waals surface area (Å²) in [5, 5.41) is 18.0. The second-order valence-electron chi connectivity index (χ2n) is 8.88. The molecule has 3 heterocycles. The van der Waals surface area contributed by atoms with Gasteiger partial charge in [0.25, 0.3) is 5.91 Å². The number of aromatic amines is 1. The summed E-state index contributed by atoms with van der Waals surface area (Å²) in [7, 11) is 1.58. The fourth-order valence-corrected chi connectivity index (χ4v) is 4.47. The molecule has 9 nitrogen and oxygen atoms in total. The molecule has 0 saturated heterocycles. The van der Waals surface area contributed by atoms with Gasteiger partial charge in [0.15, 0.2) is 0 Å². The van der Waals surface area contributed by atoms with Gasteiger partial charge in [0.05, 0.1) is 29.4 Å². The topological polar surface area (TPSA) is 118 Å². The van der Waals surface area contributed by atoms with Crippen LogP contribution in [0.4, 0.5) is 5.69 Å². The first kappa shape index (κ1) is 23.9. The van der Waals surface area contributed by atoms with Crippen LogP contribution in [0.3, 0.4) is 0 Å². The third-order valence-electron chi connectivity index (χ3n) is 6.37. The molecule has 3 N–H and O–H groups in total. The van der Waals surface area contributed by atoms with Gasteiger partial charge in [0.2, 0.25) is 5.88 Å². The number of carbonyl (C=O) groups excluding carboxylic acids is 1. The van der Waals surface area contributed by atoms with Crippen molar-refractivity contribution in [3.8, 4) is 11.6 Å². The Balaban J connectivity index is 1.29. The van der Waals surface area contributed by atoms with Crippen molar-refractivity contribution in [2.24, 2.45) is 0 Å². The summed E-state index contributed by atoms with van der Waals surface area (Å²) in [5.41, 5.74) is 5.49. The molecular formula is C30H24N6O3. The second kappa shape index (κ2) is 10.1. The Bertz CT molecular complexity index is 1780. The fraction of sp³-hybridized carbons (Fsp3) is 0.0667. The summed E-state index contributed by atoms with van der Waals surface area (Å²) in [5.74, 6) is 0.831. The zero-order chi connectivity index (χ0) is 26.8. The highest BCUT2D eigenvalue weighted by Crippen LogP contribution is 2.33. The second-order valence-corrected chi connectivity index (χ2v) is 8.88. The van der Waals surface area contributed by atoms with E-state index in [0.717, 1.165) is 22.3 Å². The lowest BCUT2D eigenvalue weighted by molar-refractivity contribution is 0.102. The largest absolute Gasteiger partial charge is 0.508 e. The Hall–Kier alpha value is -5.44. The molecule has 0 spiro atoms. The van der Waals surface area contributed by atoms with Crippen molar-refractivity contribution in [1.29, 1.82) is 0 Å². The molecule has 6 rings (SSSR count). The molecule has 1 aliphatic carbocycles. The lowest BCUT2D eigenvalue weighted by atomic mass is 10.0. The highest BCUT2D eigenvalue weighted by atomic mass is 16.5. The van der Waals surface area contributed by atoms with Crippen molar-refractivity contribution in [3.63, 3.8) is 0 Å². The smallest absolute Gasteiger partial charge is 0.255 e. The van der Waals surface area contributed by atoms with E-state index in [1.54, 1.807) is 48.5 Å². The van der Waals surface area contributed by atoms with Crippen LogP contribution in [-0.4, -0.2) is 42.9 Å². The number of H-pyrrole nitrogens is 1. The summed E-state index contributed by atoms with van der Waals surface area (Å²) in [6, 6.07) is 18.3. The van der Waals surface area contributed by atoms with E-state index in [9.17, 15) is 9.90 Å². The first-order valence-corrected chi connectivity index (χ1v) is 12.3. The number of rotatable bonds is 6. The summed E-state index contributed by atoms with van der Waals surface area (Å²) < 4.78 is 7.16. The molecule has 0 saturated carbocycles. The van der Waals surface area contributed by atoms with E-state index >= 15 is 0 Å². The molecule has 0 bridgehead atoms. The number of hydrogen-bond acceptors (Lipinski definition) is 6. The zero-order valence-electron chi connectivity index (χ0n) is 21.0. The number of ether oxygens (including phenoxy) is 1. The molecule has 39 heavy (non-hydrogen) atoms. The molecule has 0 fully saturated rings. The number of hydrogen-bond donors (Lipinski definition) is 3. The number of allylic oxidation sites excluding steroid dienone is 5. The number of aliphatic hydroxyl groups excluding tert-OH is 1. The highest BCUT2D eigenvalue weighted by molar-refractivity contribution is 6.06.